The first-order valence-corrected chi connectivity index (χ1v) is 6.10. The Kier molecular flexibility index (Phi) is 5.18. The first-order chi connectivity index (χ1) is 7.51. The maximum Gasteiger partial charge on any atom is 0.0630 e. The van der Waals surface area contributed by atoms with Crippen LogP contribution in [0.3, 0.4) is 0 Å². The van der Waals surface area contributed by atoms with Crippen molar-refractivity contribution in [1.29, 1.82) is 0 Å². The number of likely N-dealkylation sites (N-methyl/N-ethyl adjacent to an activating group) is 2. The van der Waals surface area contributed by atoms with Gasteiger partial charge in [0.15, 0.2) is 0 Å². The number of rotatable bonds is 5. The number of ether oxygens (including phenoxy) is 1. The highest BCUT2D eigenvalue weighted by Gasteiger charge is 2.33. The van der Waals surface area contributed by atoms with E-state index in [4.69, 9.17) is 4.74 Å². The van der Waals surface area contributed by atoms with Crippen LogP contribution < -0.4 is 5.32 Å². The van der Waals surface area contributed by atoms with Crippen molar-refractivity contribution in [2.24, 2.45) is 0 Å². The first-order valence-electron chi connectivity index (χ1n) is 6.10. The lowest BCUT2D eigenvalue weighted by atomic mass is 9.98. The normalized spacial score (nSPS) is 24.6. The molecule has 0 amide bonds. The molecule has 1 unspecified atom stereocenters. The molecule has 16 heavy (non-hydrogen) atoms. The monoisotopic (exact) mass is 229 g/mol. The quantitative estimate of drug-likeness (QED) is 0.731. The minimum Gasteiger partial charge on any atom is -0.383 e. The lowest BCUT2D eigenvalue weighted by Crippen LogP contribution is -2.61. The molecule has 4 nitrogen and oxygen atoms in total. The lowest BCUT2D eigenvalue weighted by Gasteiger charge is -2.47. The summed E-state index contributed by atoms with van der Waals surface area (Å²) in [6, 6.07) is 0.489. The molecule has 0 aromatic rings. The van der Waals surface area contributed by atoms with Gasteiger partial charge < -0.3 is 10.1 Å². The van der Waals surface area contributed by atoms with Crippen molar-refractivity contribution in [1.82, 2.24) is 15.1 Å². The number of hydrogen-bond acceptors (Lipinski definition) is 4. The van der Waals surface area contributed by atoms with E-state index in [2.05, 4.69) is 36.0 Å². The van der Waals surface area contributed by atoms with Crippen LogP contribution in [0.4, 0.5) is 0 Å². The molecule has 1 atom stereocenters. The third-order valence-electron chi connectivity index (χ3n) is 3.66. The molecule has 0 aromatic heterocycles. The third kappa shape index (κ3) is 3.42. The zero-order valence-corrected chi connectivity index (χ0v) is 11.4. The standard InChI is InChI=1S/C12H27N3O/c1-12(2)10-15(7-6-14(12)4)11(8-13-3)9-16-5/h11,13H,6-10H2,1-5H3. The molecule has 1 aliphatic rings. The SMILES string of the molecule is CNCC(COC)N1CCN(C)C(C)(C)C1. The summed E-state index contributed by atoms with van der Waals surface area (Å²) in [5.74, 6) is 0. The van der Waals surface area contributed by atoms with Crippen LogP contribution >= 0.6 is 0 Å². The molecule has 1 rings (SSSR count). The number of nitrogens with one attached hydrogen (secondary N) is 1. The predicted octanol–water partition coefficient (Wildman–Crippen LogP) is 0.247. The van der Waals surface area contributed by atoms with Crippen LogP contribution in [0.1, 0.15) is 13.8 Å². The van der Waals surface area contributed by atoms with Gasteiger partial charge in [-0.2, -0.15) is 0 Å². The second kappa shape index (κ2) is 5.96. The van der Waals surface area contributed by atoms with Crippen LogP contribution in [0.15, 0.2) is 0 Å². The van der Waals surface area contributed by atoms with Gasteiger partial charge in [0.1, 0.15) is 0 Å². The Morgan fingerprint density at radius 3 is 2.56 bits per heavy atom. The molecule has 0 spiro atoms. The highest BCUT2D eigenvalue weighted by Crippen LogP contribution is 2.20. The molecule has 1 aliphatic heterocycles. The van der Waals surface area contributed by atoms with Gasteiger partial charge in [-0.1, -0.05) is 0 Å². The second-order valence-electron chi connectivity index (χ2n) is 5.37. The van der Waals surface area contributed by atoms with Gasteiger partial charge in [0, 0.05) is 44.9 Å². The van der Waals surface area contributed by atoms with Crippen LogP contribution in [-0.4, -0.2) is 75.4 Å². The molecular weight excluding hydrogens is 202 g/mol. The molecule has 0 bridgehead atoms. The summed E-state index contributed by atoms with van der Waals surface area (Å²) < 4.78 is 5.31. The van der Waals surface area contributed by atoms with Crippen LogP contribution in [-0.2, 0) is 4.74 Å². The maximum absolute atomic E-state index is 5.31. The Bertz CT molecular complexity index is 202. The molecule has 0 radical (unpaired) electrons. The summed E-state index contributed by atoms with van der Waals surface area (Å²) in [6.07, 6.45) is 0. The third-order valence-corrected chi connectivity index (χ3v) is 3.66. The maximum atomic E-state index is 5.31. The van der Waals surface area contributed by atoms with E-state index in [0.29, 0.717) is 6.04 Å². The van der Waals surface area contributed by atoms with Gasteiger partial charge in [-0.3, -0.25) is 9.80 Å². The van der Waals surface area contributed by atoms with Crippen molar-refractivity contribution < 1.29 is 4.74 Å². The summed E-state index contributed by atoms with van der Waals surface area (Å²) in [7, 11) is 5.99. The summed E-state index contributed by atoms with van der Waals surface area (Å²) in [6.45, 7) is 9.80. The van der Waals surface area contributed by atoms with Crippen molar-refractivity contribution in [3.63, 3.8) is 0 Å². The fraction of sp³-hybridized carbons (Fsp3) is 1.00. The number of hydrogen-bond donors (Lipinski definition) is 1. The van der Waals surface area contributed by atoms with E-state index in [0.717, 1.165) is 32.8 Å². The molecule has 1 heterocycles. The minimum atomic E-state index is 0.262. The Balaban J connectivity index is 2.57. The summed E-state index contributed by atoms with van der Waals surface area (Å²) in [5, 5.41) is 3.25. The number of piperazine rings is 1. The van der Waals surface area contributed by atoms with Gasteiger partial charge in [-0.25, -0.2) is 0 Å². The molecule has 0 aromatic carbocycles. The van der Waals surface area contributed by atoms with Crippen LogP contribution in [0.25, 0.3) is 0 Å². The number of nitrogens with zero attached hydrogens (tertiary/aromatic N) is 2. The number of methoxy groups -OCH3 is 1. The van der Waals surface area contributed by atoms with Gasteiger partial charge in [0.2, 0.25) is 0 Å². The fourth-order valence-corrected chi connectivity index (χ4v) is 2.31. The molecule has 1 saturated heterocycles. The minimum absolute atomic E-state index is 0.262. The molecule has 4 heteroatoms. The lowest BCUT2D eigenvalue weighted by molar-refractivity contribution is -0.00354. The summed E-state index contributed by atoms with van der Waals surface area (Å²) in [4.78, 5) is 4.98. The van der Waals surface area contributed by atoms with Gasteiger partial charge in [0.25, 0.3) is 0 Å². The van der Waals surface area contributed by atoms with Crippen molar-refractivity contribution in [3.05, 3.63) is 0 Å². The summed E-state index contributed by atoms with van der Waals surface area (Å²) in [5.41, 5.74) is 0.262. The molecule has 96 valence electrons. The topological polar surface area (TPSA) is 27.7 Å². The van der Waals surface area contributed by atoms with Crippen molar-refractivity contribution in [2.75, 3.05) is 54.0 Å². The average molecular weight is 229 g/mol. The van der Waals surface area contributed by atoms with E-state index in [-0.39, 0.29) is 5.54 Å². The van der Waals surface area contributed by atoms with E-state index in [9.17, 15) is 0 Å². The zero-order chi connectivity index (χ0) is 12.2. The molecule has 1 fully saturated rings. The molecule has 0 saturated carbocycles. The average Bonchev–Trinajstić information content (AvgIpc) is 2.22. The van der Waals surface area contributed by atoms with E-state index >= 15 is 0 Å². The molecule has 0 aliphatic carbocycles. The van der Waals surface area contributed by atoms with Gasteiger partial charge >= 0.3 is 0 Å². The molecular formula is C12H27N3O. The largest absolute Gasteiger partial charge is 0.383 e. The molecule has 1 N–H and O–H groups in total. The Morgan fingerprint density at radius 2 is 2.06 bits per heavy atom. The van der Waals surface area contributed by atoms with Crippen LogP contribution in [0.5, 0.6) is 0 Å². The fourth-order valence-electron chi connectivity index (χ4n) is 2.31. The highest BCUT2D eigenvalue weighted by atomic mass is 16.5. The Hall–Kier alpha value is -0.160. The predicted molar refractivity (Wildman–Crippen MR) is 67.9 cm³/mol. The van der Waals surface area contributed by atoms with Crippen LogP contribution in [0.2, 0.25) is 0 Å². The van der Waals surface area contributed by atoms with Crippen molar-refractivity contribution in [3.8, 4) is 0 Å². The van der Waals surface area contributed by atoms with E-state index < -0.39 is 0 Å². The zero-order valence-electron chi connectivity index (χ0n) is 11.4. The van der Waals surface area contributed by atoms with Crippen molar-refractivity contribution >= 4 is 0 Å². The highest BCUT2D eigenvalue weighted by molar-refractivity contribution is 4.91. The van der Waals surface area contributed by atoms with Gasteiger partial charge in [0.05, 0.1) is 6.61 Å². The first kappa shape index (κ1) is 13.9. The van der Waals surface area contributed by atoms with Gasteiger partial charge in [-0.05, 0) is 27.9 Å². The van der Waals surface area contributed by atoms with Crippen LogP contribution in [0, 0.1) is 0 Å². The van der Waals surface area contributed by atoms with Gasteiger partial charge in [-0.15, -0.1) is 0 Å². The van der Waals surface area contributed by atoms with E-state index in [1.807, 2.05) is 7.05 Å². The van der Waals surface area contributed by atoms with E-state index in [1.54, 1.807) is 7.11 Å². The van der Waals surface area contributed by atoms with E-state index in [1.165, 1.54) is 0 Å². The second-order valence-corrected chi connectivity index (χ2v) is 5.37. The smallest absolute Gasteiger partial charge is 0.0630 e. The van der Waals surface area contributed by atoms with Crippen molar-refractivity contribution in [2.45, 2.75) is 25.4 Å². The summed E-state index contributed by atoms with van der Waals surface area (Å²) >= 11 is 0. The Labute approximate surface area is 99.9 Å². The Morgan fingerprint density at radius 1 is 1.38 bits per heavy atom.